The van der Waals surface area contributed by atoms with Crippen LogP contribution in [-0.4, -0.2) is 25.0 Å². The topological polar surface area (TPSA) is 35.2 Å². The molecule has 1 aliphatic heterocycles. The van der Waals surface area contributed by atoms with E-state index in [1.54, 1.807) is 0 Å². The van der Waals surface area contributed by atoms with Gasteiger partial charge in [-0.05, 0) is 30.5 Å². The molecule has 2 N–H and O–H groups in total. The van der Waals surface area contributed by atoms with E-state index in [9.17, 15) is 0 Å². The van der Waals surface area contributed by atoms with Crippen molar-refractivity contribution in [1.29, 1.82) is 0 Å². The molecule has 0 spiro atoms. The van der Waals surface area contributed by atoms with Crippen LogP contribution in [0.5, 0.6) is 0 Å². The van der Waals surface area contributed by atoms with Crippen molar-refractivity contribution in [3.63, 3.8) is 0 Å². The van der Waals surface area contributed by atoms with E-state index in [0.29, 0.717) is 10.7 Å². The first kappa shape index (κ1) is 10.6. The predicted molar refractivity (Wildman–Crippen MR) is 66.9 cm³/mol. The molecule has 1 aromatic carbocycles. The summed E-state index contributed by atoms with van der Waals surface area (Å²) < 4.78 is 5.18. The molecule has 1 aromatic rings. The van der Waals surface area contributed by atoms with Gasteiger partial charge in [-0.1, -0.05) is 12.1 Å². The fraction of sp³-hybridized carbons (Fsp3) is 0.538. The third-order valence-electron chi connectivity index (χ3n) is 3.62. The summed E-state index contributed by atoms with van der Waals surface area (Å²) in [5.41, 5.74) is 7.57. The third-order valence-corrected chi connectivity index (χ3v) is 4.77. The lowest BCUT2D eigenvalue weighted by molar-refractivity contribution is 0.0455. The molecule has 2 fully saturated rings. The summed E-state index contributed by atoms with van der Waals surface area (Å²) in [7, 11) is 0. The summed E-state index contributed by atoms with van der Waals surface area (Å²) in [5, 5.41) is 0.662. The van der Waals surface area contributed by atoms with Crippen LogP contribution in [-0.2, 0) is 10.2 Å². The molecule has 1 saturated carbocycles. The van der Waals surface area contributed by atoms with Crippen LogP contribution >= 0.6 is 11.8 Å². The summed E-state index contributed by atoms with van der Waals surface area (Å²) >= 11 is 1.92. The normalized spacial score (nSPS) is 22.8. The second-order valence-electron chi connectivity index (χ2n) is 4.79. The van der Waals surface area contributed by atoms with E-state index in [4.69, 9.17) is 10.5 Å². The maximum Gasteiger partial charge on any atom is 0.0611 e. The highest BCUT2D eigenvalue weighted by molar-refractivity contribution is 8.00. The highest BCUT2D eigenvalue weighted by Gasteiger charge is 2.42. The van der Waals surface area contributed by atoms with Crippen molar-refractivity contribution in [2.24, 2.45) is 5.73 Å². The van der Waals surface area contributed by atoms with Gasteiger partial charge in [0.05, 0.1) is 18.5 Å². The minimum Gasteiger partial charge on any atom is -0.379 e. The summed E-state index contributed by atoms with van der Waals surface area (Å²) in [4.78, 5) is 1.35. The van der Waals surface area contributed by atoms with E-state index < -0.39 is 0 Å². The molecule has 1 heterocycles. The number of nitrogens with two attached hydrogens (primary N) is 1. The fourth-order valence-corrected chi connectivity index (χ4v) is 3.13. The number of rotatable bonds is 4. The molecule has 0 atom stereocenters. The second kappa shape index (κ2) is 4.06. The Balaban J connectivity index is 1.69. The first-order valence-electron chi connectivity index (χ1n) is 5.87. The lowest BCUT2D eigenvalue weighted by atomic mass is 9.96. The van der Waals surface area contributed by atoms with Crippen LogP contribution in [0.3, 0.4) is 0 Å². The molecule has 0 amide bonds. The second-order valence-corrected chi connectivity index (χ2v) is 6.16. The minimum atomic E-state index is 0.322. The summed E-state index contributed by atoms with van der Waals surface area (Å²) in [6.45, 7) is 2.59. The zero-order chi connectivity index (χ0) is 11.0. The Morgan fingerprint density at radius 1 is 1.25 bits per heavy atom. The Hall–Kier alpha value is -0.510. The van der Waals surface area contributed by atoms with E-state index in [1.165, 1.54) is 23.3 Å². The number of hydrogen-bond donors (Lipinski definition) is 1. The zero-order valence-corrected chi connectivity index (χ0v) is 10.1. The monoisotopic (exact) mass is 235 g/mol. The third kappa shape index (κ3) is 1.88. The molecular weight excluding hydrogens is 218 g/mol. The standard InChI is InChI=1S/C13H17NOS/c14-9-13(5-6-13)10-1-3-11(4-2-10)16-12-7-15-8-12/h1-4,12H,5-9,14H2. The van der Waals surface area contributed by atoms with Crippen LogP contribution in [0.2, 0.25) is 0 Å². The number of benzene rings is 1. The number of thioether (sulfide) groups is 1. The van der Waals surface area contributed by atoms with Crippen LogP contribution in [0.25, 0.3) is 0 Å². The van der Waals surface area contributed by atoms with Gasteiger partial charge in [-0.25, -0.2) is 0 Å². The van der Waals surface area contributed by atoms with Crippen LogP contribution in [0.15, 0.2) is 29.2 Å². The van der Waals surface area contributed by atoms with Crippen molar-refractivity contribution in [2.45, 2.75) is 28.4 Å². The van der Waals surface area contributed by atoms with Crippen LogP contribution < -0.4 is 5.73 Å². The molecule has 0 bridgehead atoms. The van der Waals surface area contributed by atoms with Gasteiger partial charge in [-0.3, -0.25) is 0 Å². The maximum atomic E-state index is 5.83. The Morgan fingerprint density at radius 2 is 1.94 bits per heavy atom. The quantitative estimate of drug-likeness (QED) is 0.868. The van der Waals surface area contributed by atoms with E-state index >= 15 is 0 Å². The van der Waals surface area contributed by atoms with Gasteiger partial charge in [0.25, 0.3) is 0 Å². The zero-order valence-electron chi connectivity index (χ0n) is 9.32. The van der Waals surface area contributed by atoms with E-state index in [2.05, 4.69) is 24.3 Å². The highest BCUT2D eigenvalue weighted by atomic mass is 32.2. The molecule has 0 aromatic heterocycles. The largest absolute Gasteiger partial charge is 0.379 e. The fourth-order valence-electron chi connectivity index (χ4n) is 2.12. The van der Waals surface area contributed by atoms with E-state index in [0.717, 1.165) is 19.8 Å². The van der Waals surface area contributed by atoms with E-state index in [1.807, 2.05) is 11.8 Å². The molecule has 0 unspecified atom stereocenters. The van der Waals surface area contributed by atoms with Gasteiger partial charge in [0.1, 0.15) is 0 Å². The average Bonchev–Trinajstić information content (AvgIpc) is 3.05. The van der Waals surface area contributed by atoms with Gasteiger partial charge in [-0.15, -0.1) is 11.8 Å². The molecule has 1 aliphatic carbocycles. The van der Waals surface area contributed by atoms with Gasteiger partial charge in [0.15, 0.2) is 0 Å². The Labute approximate surface area is 101 Å². The molecule has 16 heavy (non-hydrogen) atoms. The SMILES string of the molecule is NCC1(c2ccc(SC3COC3)cc2)CC1. The molecule has 3 heteroatoms. The lowest BCUT2D eigenvalue weighted by Crippen LogP contribution is -2.30. The predicted octanol–water partition coefficient (Wildman–Crippen LogP) is 2.17. The molecular formula is C13H17NOS. The van der Waals surface area contributed by atoms with E-state index in [-0.39, 0.29) is 0 Å². The maximum absolute atomic E-state index is 5.83. The number of hydrogen-bond acceptors (Lipinski definition) is 3. The molecule has 1 saturated heterocycles. The van der Waals surface area contributed by atoms with Crippen LogP contribution in [0.1, 0.15) is 18.4 Å². The molecule has 0 radical (unpaired) electrons. The summed E-state index contributed by atoms with van der Waals surface area (Å²) in [5.74, 6) is 0. The van der Waals surface area contributed by atoms with Gasteiger partial charge in [0.2, 0.25) is 0 Å². The Kier molecular flexibility index (Phi) is 2.70. The van der Waals surface area contributed by atoms with Crippen molar-refractivity contribution in [1.82, 2.24) is 0 Å². The van der Waals surface area contributed by atoms with Crippen molar-refractivity contribution in [3.8, 4) is 0 Å². The molecule has 2 nitrogen and oxygen atoms in total. The van der Waals surface area contributed by atoms with Gasteiger partial charge < -0.3 is 10.5 Å². The van der Waals surface area contributed by atoms with Crippen molar-refractivity contribution in [2.75, 3.05) is 19.8 Å². The summed E-state index contributed by atoms with van der Waals surface area (Å²) in [6, 6.07) is 8.96. The van der Waals surface area contributed by atoms with Crippen molar-refractivity contribution < 1.29 is 4.74 Å². The number of ether oxygens (including phenoxy) is 1. The van der Waals surface area contributed by atoms with Crippen LogP contribution in [0.4, 0.5) is 0 Å². The van der Waals surface area contributed by atoms with Crippen molar-refractivity contribution >= 4 is 11.8 Å². The lowest BCUT2D eigenvalue weighted by Gasteiger charge is -2.25. The Bertz CT molecular complexity index is 368. The minimum absolute atomic E-state index is 0.322. The first-order chi connectivity index (χ1) is 7.82. The molecule has 3 rings (SSSR count). The summed E-state index contributed by atoms with van der Waals surface area (Å²) in [6.07, 6.45) is 2.51. The smallest absolute Gasteiger partial charge is 0.0611 e. The van der Waals surface area contributed by atoms with Crippen molar-refractivity contribution in [3.05, 3.63) is 29.8 Å². The first-order valence-corrected chi connectivity index (χ1v) is 6.75. The van der Waals surface area contributed by atoms with Gasteiger partial charge in [0, 0.05) is 16.9 Å². The Morgan fingerprint density at radius 3 is 2.38 bits per heavy atom. The average molecular weight is 235 g/mol. The van der Waals surface area contributed by atoms with Crippen LogP contribution in [0, 0.1) is 0 Å². The highest BCUT2D eigenvalue weighted by Crippen LogP contribution is 2.47. The van der Waals surface area contributed by atoms with Gasteiger partial charge >= 0.3 is 0 Å². The molecule has 2 aliphatic rings. The molecule has 86 valence electrons. The van der Waals surface area contributed by atoms with Gasteiger partial charge in [-0.2, -0.15) is 0 Å².